The topological polar surface area (TPSA) is 112 Å². The number of imidazole rings is 1. The van der Waals surface area contributed by atoms with Crippen LogP contribution in [0.15, 0.2) is 158 Å². The van der Waals surface area contributed by atoms with Crippen molar-refractivity contribution in [3.63, 3.8) is 0 Å². The molecule has 0 bridgehead atoms. The lowest BCUT2D eigenvalue weighted by Crippen LogP contribution is -2.41. The third-order valence-electron chi connectivity index (χ3n) is 10.8. The van der Waals surface area contributed by atoms with Gasteiger partial charge in [-0.1, -0.05) is 141 Å². The zero-order valence-electron chi connectivity index (χ0n) is 34.3. The first-order chi connectivity index (χ1) is 29.4. The normalized spacial score (nSPS) is 11.9. The molecule has 0 aliphatic heterocycles. The lowest BCUT2D eigenvalue weighted by Gasteiger charge is -2.37. The molecule has 0 radical (unpaired) electrons. The van der Waals surface area contributed by atoms with Gasteiger partial charge in [0.05, 0.1) is 18.1 Å². The fraction of sp³-hybridized carbons (Fsp3) is 0.204. The van der Waals surface area contributed by atoms with Gasteiger partial charge in [-0.15, -0.1) is 5.10 Å². The van der Waals surface area contributed by atoms with Crippen LogP contribution in [0.1, 0.15) is 65.3 Å². The van der Waals surface area contributed by atoms with Crippen LogP contribution in [-0.2, 0) is 18.5 Å². The van der Waals surface area contributed by atoms with Crippen LogP contribution in [-0.4, -0.2) is 61.9 Å². The predicted octanol–water partition coefficient (Wildman–Crippen LogP) is 9.52. The van der Waals surface area contributed by atoms with E-state index >= 15 is 0 Å². The molecule has 1 N–H and O–H groups in total. The number of tetrazole rings is 1. The molecule has 0 aliphatic carbocycles. The molecule has 1 atom stereocenters. The second-order valence-electron chi connectivity index (χ2n) is 14.9. The summed E-state index contributed by atoms with van der Waals surface area (Å²) in [5, 5.41) is 16.8. The van der Waals surface area contributed by atoms with E-state index in [1.807, 2.05) is 120 Å². The molecule has 0 aliphatic rings. The minimum atomic E-state index is -0.964. The van der Waals surface area contributed by atoms with E-state index in [4.69, 9.17) is 24.8 Å². The Morgan fingerprint density at radius 3 is 1.97 bits per heavy atom. The highest BCUT2D eigenvalue weighted by atomic mass is 16.5. The zero-order chi connectivity index (χ0) is 41.5. The SMILES string of the molecule is CCCCc1nc2cc(NC(=O)N(C)C)ccc2n1Cc1ccc(OC(c2ccccc2)c2nnnn2C(c2ccccc2)(c2ccccc2)c2ccccc2)c(OC)c1. The average molecular weight is 797 g/mol. The standard InChI is InChI=1S/C49H48N8O3/c1-5-6-27-45-51-41-33-40(50-48(58)55(2)3)29-30-42(41)56(45)34-35-28-31-43(44(32-35)59-4)60-46(36-19-11-7-12-20-36)47-52-53-54-57(47)49(37-21-13-8-14-22-37,38-23-15-9-16-24-38)39-25-17-10-18-26-39/h7-26,28-33,46H,5-6,27,34H2,1-4H3,(H,50,58). The van der Waals surface area contributed by atoms with Gasteiger partial charge in [0.2, 0.25) is 0 Å². The summed E-state index contributed by atoms with van der Waals surface area (Å²) < 4.78 is 17.3. The number of nitrogens with zero attached hydrogens (tertiary/aromatic N) is 7. The van der Waals surface area contributed by atoms with Crippen molar-refractivity contribution in [1.82, 2.24) is 34.7 Å². The first-order valence-corrected chi connectivity index (χ1v) is 20.2. The Balaban J connectivity index is 1.20. The number of hydrogen-bond donors (Lipinski definition) is 1. The Labute approximate surface area is 350 Å². The number of amides is 2. The number of urea groups is 1. The van der Waals surface area contributed by atoms with E-state index in [2.05, 4.69) is 64.5 Å². The molecule has 1 unspecified atom stereocenters. The van der Waals surface area contributed by atoms with Crippen molar-refractivity contribution in [2.75, 3.05) is 26.5 Å². The Morgan fingerprint density at radius 1 is 0.767 bits per heavy atom. The molecule has 2 heterocycles. The van der Waals surface area contributed by atoms with Crippen molar-refractivity contribution in [2.45, 2.75) is 44.4 Å². The van der Waals surface area contributed by atoms with Crippen molar-refractivity contribution >= 4 is 22.8 Å². The highest BCUT2D eigenvalue weighted by molar-refractivity contribution is 5.91. The van der Waals surface area contributed by atoms with Crippen molar-refractivity contribution in [3.8, 4) is 11.5 Å². The zero-order valence-corrected chi connectivity index (χ0v) is 34.3. The van der Waals surface area contributed by atoms with Crippen molar-refractivity contribution in [3.05, 3.63) is 197 Å². The second-order valence-corrected chi connectivity index (χ2v) is 14.9. The summed E-state index contributed by atoms with van der Waals surface area (Å²) in [5.74, 6) is 2.60. The van der Waals surface area contributed by atoms with E-state index in [0.29, 0.717) is 29.6 Å². The third-order valence-corrected chi connectivity index (χ3v) is 10.8. The fourth-order valence-corrected chi connectivity index (χ4v) is 7.81. The number of methoxy groups -OCH3 is 1. The molecule has 0 saturated heterocycles. The summed E-state index contributed by atoms with van der Waals surface area (Å²) >= 11 is 0. The van der Waals surface area contributed by atoms with Gasteiger partial charge in [-0.2, -0.15) is 0 Å². The number of carbonyl (C=O) groups is 1. The van der Waals surface area contributed by atoms with Crippen LogP contribution in [0.5, 0.6) is 11.5 Å². The Kier molecular flexibility index (Phi) is 11.7. The Morgan fingerprint density at radius 2 is 1.38 bits per heavy atom. The van der Waals surface area contributed by atoms with Crippen LogP contribution < -0.4 is 14.8 Å². The second kappa shape index (κ2) is 17.7. The van der Waals surface area contributed by atoms with E-state index in [0.717, 1.165) is 63.9 Å². The number of carbonyl (C=O) groups excluding carboxylic acids is 1. The van der Waals surface area contributed by atoms with Crippen LogP contribution in [0.25, 0.3) is 11.0 Å². The lowest BCUT2D eigenvalue weighted by atomic mass is 9.77. The number of hydrogen-bond acceptors (Lipinski definition) is 7. The molecular weight excluding hydrogens is 749 g/mol. The molecule has 11 heteroatoms. The molecule has 2 amide bonds. The Hall–Kier alpha value is -7.27. The highest BCUT2D eigenvalue weighted by Crippen LogP contribution is 2.43. The van der Waals surface area contributed by atoms with Crippen LogP contribution >= 0.6 is 0 Å². The van der Waals surface area contributed by atoms with E-state index in [1.165, 1.54) is 4.90 Å². The number of benzene rings is 6. The van der Waals surface area contributed by atoms with E-state index in [-0.39, 0.29) is 6.03 Å². The fourth-order valence-electron chi connectivity index (χ4n) is 7.81. The van der Waals surface area contributed by atoms with Gasteiger partial charge in [-0.05, 0) is 69.4 Å². The van der Waals surface area contributed by atoms with Crippen molar-refractivity contribution in [1.29, 1.82) is 0 Å². The molecule has 8 aromatic rings. The van der Waals surface area contributed by atoms with Gasteiger partial charge in [0.1, 0.15) is 11.4 Å². The number of nitrogens with one attached hydrogen (secondary N) is 1. The number of fused-ring (bicyclic) bond motifs is 1. The molecule has 0 spiro atoms. The van der Waals surface area contributed by atoms with E-state index in [9.17, 15) is 4.79 Å². The van der Waals surface area contributed by atoms with Gasteiger partial charge in [0, 0.05) is 38.3 Å². The molecule has 8 rings (SSSR count). The van der Waals surface area contributed by atoms with Crippen LogP contribution in [0.3, 0.4) is 0 Å². The quantitative estimate of drug-likeness (QED) is 0.103. The summed E-state index contributed by atoms with van der Waals surface area (Å²) in [6.07, 6.45) is 2.14. The number of aromatic nitrogens is 6. The number of aryl methyl sites for hydroxylation is 1. The van der Waals surface area contributed by atoms with Gasteiger partial charge in [0.25, 0.3) is 0 Å². The highest BCUT2D eigenvalue weighted by Gasteiger charge is 2.43. The van der Waals surface area contributed by atoms with Crippen molar-refractivity contribution < 1.29 is 14.3 Å². The third kappa shape index (κ3) is 7.81. The maximum absolute atomic E-state index is 12.4. The number of rotatable bonds is 15. The number of unbranched alkanes of at least 4 members (excludes halogenated alkanes) is 1. The molecular formula is C49H48N8O3. The summed E-state index contributed by atoms with van der Waals surface area (Å²) in [6, 6.07) is 52.7. The van der Waals surface area contributed by atoms with Gasteiger partial charge in [-0.3, -0.25) is 0 Å². The maximum Gasteiger partial charge on any atom is 0.321 e. The minimum absolute atomic E-state index is 0.191. The van der Waals surface area contributed by atoms with Crippen LogP contribution in [0.4, 0.5) is 10.5 Å². The van der Waals surface area contributed by atoms with E-state index < -0.39 is 11.6 Å². The van der Waals surface area contributed by atoms with E-state index in [1.54, 1.807) is 21.2 Å². The molecule has 0 fully saturated rings. The first-order valence-electron chi connectivity index (χ1n) is 20.2. The molecule has 0 saturated carbocycles. The average Bonchev–Trinajstić information content (AvgIpc) is 3.91. The molecule has 60 heavy (non-hydrogen) atoms. The van der Waals surface area contributed by atoms with Gasteiger partial charge in [-0.25, -0.2) is 14.5 Å². The van der Waals surface area contributed by atoms with Gasteiger partial charge in [0.15, 0.2) is 23.4 Å². The summed E-state index contributed by atoms with van der Waals surface area (Å²) in [4.78, 5) is 18.9. The maximum atomic E-state index is 12.4. The predicted molar refractivity (Wildman–Crippen MR) is 234 cm³/mol. The minimum Gasteiger partial charge on any atom is -0.493 e. The smallest absolute Gasteiger partial charge is 0.321 e. The number of anilines is 1. The monoisotopic (exact) mass is 796 g/mol. The first kappa shape index (κ1) is 39.6. The number of ether oxygens (including phenoxy) is 2. The molecule has 2 aromatic heterocycles. The summed E-state index contributed by atoms with van der Waals surface area (Å²) in [5.41, 5.74) is 6.40. The van der Waals surface area contributed by atoms with Gasteiger partial charge < -0.3 is 24.3 Å². The van der Waals surface area contributed by atoms with Gasteiger partial charge >= 0.3 is 6.03 Å². The molecule has 11 nitrogen and oxygen atoms in total. The van der Waals surface area contributed by atoms with Crippen LogP contribution in [0, 0.1) is 0 Å². The Bertz CT molecular complexity index is 2570. The lowest BCUT2D eigenvalue weighted by molar-refractivity contribution is 0.212. The largest absolute Gasteiger partial charge is 0.493 e. The summed E-state index contributed by atoms with van der Waals surface area (Å²) in [7, 11) is 5.09. The molecule has 6 aromatic carbocycles. The molecule has 302 valence electrons. The van der Waals surface area contributed by atoms with Crippen LogP contribution in [0.2, 0.25) is 0 Å². The summed E-state index contributed by atoms with van der Waals surface area (Å²) in [6.45, 7) is 2.74. The van der Waals surface area contributed by atoms with Crippen molar-refractivity contribution in [2.24, 2.45) is 0 Å².